The predicted octanol–water partition coefficient (Wildman–Crippen LogP) is 5.31. The minimum Gasteiger partial charge on any atom is -0.451 e. The fraction of sp³-hybridized carbons (Fsp3) is 0.348. The van der Waals surface area contributed by atoms with E-state index in [1.54, 1.807) is 53.7 Å². The van der Waals surface area contributed by atoms with Crippen molar-refractivity contribution in [2.24, 2.45) is 11.8 Å². The lowest BCUT2D eigenvalue weighted by Crippen LogP contribution is -2.42. The Morgan fingerprint density at radius 2 is 1.81 bits per heavy atom. The Morgan fingerprint density at radius 1 is 1.13 bits per heavy atom. The largest absolute Gasteiger partial charge is 0.451 e. The number of nitrogens with zero attached hydrogens (tertiary/aromatic N) is 1. The molecule has 2 aromatic carbocycles. The number of piperidine rings is 1. The average molecular weight is 461 g/mol. The summed E-state index contributed by atoms with van der Waals surface area (Å²) in [4.78, 5) is 13.0. The number of hydrogen-bond acceptors (Lipinski definition) is 4. The lowest BCUT2D eigenvalue weighted by molar-refractivity contribution is 0.0998. The highest BCUT2D eigenvalue weighted by Gasteiger charge is 2.32. The van der Waals surface area contributed by atoms with Crippen molar-refractivity contribution >= 4 is 44.2 Å². The number of furan rings is 1. The maximum Gasteiger partial charge on any atom is 0.291 e. The normalized spacial score (nSPS) is 20.1. The molecule has 8 heteroatoms. The molecule has 2 heterocycles. The van der Waals surface area contributed by atoms with Crippen molar-refractivity contribution in [3.8, 4) is 0 Å². The zero-order chi connectivity index (χ0) is 22.3. The van der Waals surface area contributed by atoms with Crippen LogP contribution in [0.2, 0.25) is 5.02 Å². The van der Waals surface area contributed by atoms with Gasteiger partial charge in [0.25, 0.3) is 5.91 Å². The lowest BCUT2D eigenvalue weighted by atomic mass is 9.94. The molecule has 1 aliphatic heterocycles. The highest BCUT2D eigenvalue weighted by atomic mass is 35.5. The van der Waals surface area contributed by atoms with E-state index in [9.17, 15) is 13.2 Å². The average Bonchev–Trinajstić information content (AvgIpc) is 3.05. The van der Waals surface area contributed by atoms with Gasteiger partial charge in [-0.05, 0) is 55.5 Å². The van der Waals surface area contributed by atoms with Crippen LogP contribution in [0.15, 0.2) is 51.8 Å². The third kappa shape index (κ3) is 4.22. The quantitative estimate of drug-likeness (QED) is 0.571. The summed E-state index contributed by atoms with van der Waals surface area (Å²) in [5.74, 6) is 0.325. The number of halogens is 1. The molecule has 1 aliphatic rings. The SMILES string of the molecule is Cc1c(C(=O)Nc2ccccc2Cl)oc2ccc(S(=O)(=O)N3C[C@@H](C)C[C@H](C)C3)cc12. The summed E-state index contributed by atoms with van der Waals surface area (Å²) in [6.07, 6.45) is 1.02. The molecule has 3 aromatic rings. The van der Waals surface area contributed by atoms with Gasteiger partial charge in [0.1, 0.15) is 5.58 Å². The van der Waals surface area contributed by atoms with E-state index in [0.717, 1.165) is 6.42 Å². The monoisotopic (exact) mass is 460 g/mol. The Hall–Kier alpha value is -2.35. The van der Waals surface area contributed by atoms with Gasteiger partial charge >= 0.3 is 0 Å². The van der Waals surface area contributed by atoms with Gasteiger partial charge in [-0.2, -0.15) is 4.31 Å². The summed E-state index contributed by atoms with van der Waals surface area (Å²) >= 11 is 6.12. The zero-order valence-electron chi connectivity index (χ0n) is 17.7. The van der Waals surface area contributed by atoms with E-state index in [0.29, 0.717) is 52.2 Å². The van der Waals surface area contributed by atoms with E-state index in [-0.39, 0.29) is 10.7 Å². The molecule has 1 amide bonds. The molecule has 164 valence electrons. The van der Waals surface area contributed by atoms with Crippen LogP contribution in [-0.4, -0.2) is 31.7 Å². The highest BCUT2D eigenvalue weighted by Crippen LogP contribution is 2.32. The molecule has 0 saturated carbocycles. The molecule has 0 radical (unpaired) electrons. The number of fused-ring (bicyclic) bond motifs is 1. The van der Waals surface area contributed by atoms with Crippen LogP contribution in [0.1, 0.15) is 36.4 Å². The molecule has 0 spiro atoms. The molecule has 1 aromatic heterocycles. The van der Waals surface area contributed by atoms with Gasteiger partial charge < -0.3 is 9.73 Å². The van der Waals surface area contributed by atoms with Crippen molar-refractivity contribution in [2.75, 3.05) is 18.4 Å². The Balaban J connectivity index is 1.67. The maximum atomic E-state index is 13.3. The van der Waals surface area contributed by atoms with Crippen LogP contribution in [-0.2, 0) is 10.0 Å². The van der Waals surface area contributed by atoms with E-state index in [2.05, 4.69) is 19.2 Å². The van der Waals surface area contributed by atoms with E-state index in [4.69, 9.17) is 16.0 Å². The van der Waals surface area contributed by atoms with Crippen molar-refractivity contribution < 1.29 is 17.6 Å². The maximum absolute atomic E-state index is 13.3. The minimum atomic E-state index is -3.63. The summed E-state index contributed by atoms with van der Waals surface area (Å²) in [6, 6.07) is 11.7. The number of nitrogens with one attached hydrogen (secondary N) is 1. The topological polar surface area (TPSA) is 79.6 Å². The van der Waals surface area contributed by atoms with E-state index in [1.807, 2.05) is 0 Å². The van der Waals surface area contributed by atoms with Crippen molar-refractivity contribution in [1.82, 2.24) is 4.31 Å². The number of carbonyl (C=O) groups is 1. The number of hydrogen-bond donors (Lipinski definition) is 1. The Kier molecular flexibility index (Phi) is 5.85. The van der Waals surface area contributed by atoms with Gasteiger partial charge in [0.15, 0.2) is 5.76 Å². The first-order chi connectivity index (χ1) is 14.7. The first kappa shape index (κ1) is 21.9. The first-order valence-corrected chi connectivity index (χ1v) is 12.1. The van der Waals surface area contributed by atoms with Crippen molar-refractivity contribution in [3.63, 3.8) is 0 Å². The summed E-state index contributed by atoms with van der Waals surface area (Å²) in [7, 11) is -3.63. The summed E-state index contributed by atoms with van der Waals surface area (Å²) in [5, 5.41) is 3.76. The van der Waals surface area contributed by atoms with Gasteiger partial charge in [-0.25, -0.2) is 8.42 Å². The van der Waals surface area contributed by atoms with E-state index in [1.165, 1.54) is 0 Å². The Bertz CT molecular complexity index is 1240. The molecule has 1 fully saturated rings. The third-order valence-electron chi connectivity index (χ3n) is 5.71. The molecule has 1 N–H and O–H groups in total. The van der Waals surface area contributed by atoms with Gasteiger partial charge in [0.2, 0.25) is 10.0 Å². The van der Waals surface area contributed by atoms with Crippen LogP contribution in [0, 0.1) is 18.8 Å². The van der Waals surface area contributed by atoms with Crippen LogP contribution in [0.3, 0.4) is 0 Å². The van der Waals surface area contributed by atoms with Gasteiger partial charge in [-0.15, -0.1) is 0 Å². The first-order valence-electron chi connectivity index (χ1n) is 10.3. The summed E-state index contributed by atoms with van der Waals surface area (Å²) in [6.45, 7) is 6.92. The number of rotatable bonds is 4. The number of sulfonamides is 1. The smallest absolute Gasteiger partial charge is 0.291 e. The second-order valence-electron chi connectivity index (χ2n) is 8.42. The predicted molar refractivity (Wildman–Crippen MR) is 122 cm³/mol. The van der Waals surface area contributed by atoms with Crippen molar-refractivity contribution in [3.05, 3.63) is 58.8 Å². The van der Waals surface area contributed by atoms with Gasteiger partial charge in [-0.1, -0.05) is 37.6 Å². The second kappa shape index (κ2) is 8.30. The number of aryl methyl sites for hydroxylation is 1. The van der Waals surface area contributed by atoms with Crippen LogP contribution in [0.5, 0.6) is 0 Å². The molecule has 4 rings (SSSR count). The van der Waals surface area contributed by atoms with E-state index < -0.39 is 15.9 Å². The number of amides is 1. The Labute approximate surface area is 187 Å². The number of para-hydroxylation sites is 1. The molecular weight excluding hydrogens is 436 g/mol. The van der Waals surface area contributed by atoms with E-state index >= 15 is 0 Å². The molecule has 0 unspecified atom stereocenters. The number of anilines is 1. The van der Waals surface area contributed by atoms with Gasteiger partial charge in [0, 0.05) is 24.0 Å². The zero-order valence-corrected chi connectivity index (χ0v) is 19.3. The fourth-order valence-corrected chi connectivity index (χ4v) is 6.16. The number of benzene rings is 2. The number of carbonyl (C=O) groups excluding carboxylic acids is 1. The molecular formula is C23H25ClN2O4S. The fourth-order valence-electron chi connectivity index (χ4n) is 4.27. The third-order valence-corrected chi connectivity index (χ3v) is 7.87. The minimum absolute atomic E-state index is 0.129. The van der Waals surface area contributed by atoms with Crippen molar-refractivity contribution in [1.29, 1.82) is 0 Å². The molecule has 31 heavy (non-hydrogen) atoms. The van der Waals surface area contributed by atoms with Crippen LogP contribution in [0.4, 0.5) is 5.69 Å². The summed E-state index contributed by atoms with van der Waals surface area (Å²) in [5.41, 5.74) is 1.52. The van der Waals surface area contributed by atoms with Crippen LogP contribution < -0.4 is 5.32 Å². The van der Waals surface area contributed by atoms with Crippen molar-refractivity contribution in [2.45, 2.75) is 32.1 Å². The van der Waals surface area contributed by atoms with Crippen LogP contribution in [0.25, 0.3) is 11.0 Å². The molecule has 0 bridgehead atoms. The highest BCUT2D eigenvalue weighted by molar-refractivity contribution is 7.89. The van der Waals surface area contributed by atoms with Gasteiger partial charge in [-0.3, -0.25) is 4.79 Å². The van der Waals surface area contributed by atoms with Crippen LogP contribution >= 0.6 is 11.6 Å². The second-order valence-corrected chi connectivity index (χ2v) is 10.8. The van der Waals surface area contributed by atoms with Gasteiger partial charge in [0.05, 0.1) is 15.6 Å². The lowest BCUT2D eigenvalue weighted by Gasteiger charge is -2.34. The molecule has 2 atom stereocenters. The molecule has 1 saturated heterocycles. The molecule has 6 nitrogen and oxygen atoms in total. The molecule has 0 aliphatic carbocycles. The Morgan fingerprint density at radius 3 is 2.48 bits per heavy atom. The summed E-state index contributed by atoms with van der Waals surface area (Å²) < 4.78 is 33.8. The standard InChI is InChI=1S/C23H25ClN2O4S/c1-14-10-15(2)13-26(12-14)31(28,29)17-8-9-21-18(11-17)16(3)22(30-21)23(27)25-20-7-5-4-6-19(20)24/h4-9,11,14-15H,10,12-13H2,1-3H3,(H,25,27)/t14-,15-/m0/s1.